The molecule has 1 unspecified atom stereocenters. The highest BCUT2D eigenvalue weighted by molar-refractivity contribution is 6.30. The van der Waals surface area contributed by atoms with Gasteiger partial charge in [0.25, 0.3) is 0 Å². The van der Waals surface area contributed by atoms with E-state index in [0.717, 1.165) is 28.1 Å². The maximum atomic E-state index is 6.13. The predicted octanol–water partition coefficient (Wildman–Crippen LogP) is 5.97. The Morgan fingerprint density at radius 2 is 1.58 bits per heavy atom. The van der Waals surface area contributed by atoms with E-state index < -0.39 is 0 Å². The minimum Gasteiger partial charge on any atom is -0.497 e. The Hall–Kier alpha value is -3.57. The fourth-order valence-electron chi connectivity index (χ4n) is 3.65. The Balaban J connectivity index is 1.59. The van der Waals surface area contributed by atoms with Gasteiger partial charge in [0.05, 0.1) is 7.11 Å². The van der Waals surface area contributed by atoms with E-state index in [9.17, 15) is 0 Å². The lowest BCUT2D eigenvalue weighted by atomic mass is 10.0. The molecule has 0 saturated carbocycles. The number of nitrogens with one attached hydrogen (secondary N) is 1. The second-order valence-electron chi connectivity index (χ2n) is 7.50. The Labute approximate surface area is 186 Å². The number of ether oxygens (including phenoxy) is 1. The largest absolute Gasteiger partial charge is 0.497 e. The summed E-state index contributed by atoms with van der Waals surface area (Å²) in [6.45, 7) is 2.07. The number of hydrogen-bond donors (Lipinski definition) is 1. The number of hydrogen-bond acceptors (Lipinski definition) is 4. The van der Waals surface area contributed by atoms with E-state index in [-0.39, 0.29) is 6.04 Å². The van der Waals surface area contributed by atoms with Crippen LogP contribution in [0.4, 0.5) is 5.95 Å². The molecule has 2 heterocycles. The van der Waals surface area contributed by atoms with Gasteiger partial charge in [0.2, 0.25) is 5.95 Å². The van der Waals surface area contributed by atoms with E-state index in [1.807, 2.05) is 65.3 Å². The first-order valence-corrected chi connectivity index (χ1v) is 10.4. The number of aromatic nitrogens is 3. The zero-order valence-corrected chi connectivity index (χ0v) is 18.0. The lowest BCUT2D eigenvalue weighted by molar-refractivity contribution is 0.415. The molecule has 1 aliphatic heterocycles. The van der Waals surface area contributed by atoms with Crippen molar-refractivity contribution in [1.82, 2.24) is 14.8 Å². The summed E-state index contributed by atoms with van der Waals surface area (Å²) in [6.07, 6.45) is 2.16. The summed E-state index contributed by atoms with van der Waals surface area (Å²) in [5.74, 6) is 2.20. The molecule has 154 valence electrons. The molecule has 5 rings (SSSR count). The van der Waals surface area contributed by atoms with Gasteiger partial charge in [0.15, 0.2) is 5.82 Å². The molecule has 1 aromatic heterocycles. The summed E-state index contributed by atoms with van der Waals surface area (Å²) >= 11 is 6.13. The van der Waals surface area contributed by atoms with Gasteiger partial charge < -0.3 is 10.1 Å². The number of methoxy groups -OCH3 is 1. The zero-order chi connectivity index (χ0) is 21.4. The average Bonchev–Trinajstić information content (AvgIpc) is 3.24. The number of allylic oxidation sites excluding steroid dienone is 1. The highest BCUT2D eigenvalue weighted by Crippen LogP contribution is 2.34. The Kier molecular flexibility index (Phi) is 4.96. The number of aryl methyl sites for hydroxylation is 1. The van der Waals surface area contributed by atoms with Crippen LogP contribution in [0.3, 0.4) is 0 Å². The molecular weight excluding hydrogens is 408 g/mol. The molecule has 5 nitrogen and oxygen atoms in total. The lowest BCUT2D eigenvalue weighted by Crippen LogP contribution is -2.20. The summed E-state index contributed by atoms with van der Waals surface area (Å²) in [6, 6.07) is 23.9. The van der Waals surface area contributed by atoms with Crippen LogP contribution in [-0.4, -0.2) is 21.9 Å². The standard InChI is InChI=1S/C25H21ClN4O/c1-16-3-5-19(6-4-16)24-28-25-27-22(17-9-13-21(31-2)14-10-17)15-23(30(25)29-24)18-7-11-20(26)12-8-18/h3-15,23H,1-2H3,(H,27,28,29). The molecule has 31 heavy (non-hydrogen) atoms. The quantitative estimate of drug-likeness (QED) is 0.435. The van der Waals surface area contributed by atoms with Gasteiger partial charge in [-0.05, 0) is 60.5 Å². The molecule has 0 spiro atoms. The average molecular weight is 429 g/mol. The van der Waals surface area contributed by atoms with E-state index in [1.165, 1.54) is 5.56 Å². The summed E-state index contributed by atoms with van der Waals surface area (Å²) in [5.41, 5.74) is 5.28. The van der Waals surface area contributed by atoms with Crippen molar-refractivity contribution in [3.05, 3.63) is 101 Å². The summed E-state index contributed by atoms with van der Waals surface area (Å²) in [5, 5.41) is 8.98. The minimum atomic E-state index is -0.114. The predicted molar refractivity (Wildman–Crippen MR) is 124 cm³/mol. The summed E-state index contributed by atoms with van der Waals surface area (Å²) < 4.78 is 7.22. The summed E-state index contributed by atoms with van der Waals surface area (Å²) in [7, 11) is 1.67. The number of anilines is 1. The highest BCUT2D eigenvalue weighted by atomic mass is 35.5. The van der Waals surface area contributed by atoms with Crippen molar-refractivity contribution in [1.29, 1.82) is 0 Å². The third-order valence-corrected chi connectivity index (χ3v) is 5.64. The van der Waals surface area contributed by atoms with E-state index in [1.54, 1.807) is 7.11 Å². The third kappa shape index (κ3) is 3.80. The number of rotatable bonds is 4. The third-order valence-electron chi connectivity index (χ3n) is 5.39. The SMILES string of the molecule is COc1ccc(C2=CC(c3ccc(Cl)cc3)n3nc(-c4ccc(C)cc4)nc3N2)cc1. The van der Waals surface area contributed by atoms with Crippen LogP contribution in [0, 0.1) is 6.92 Å². The van der Waals surface area contributed by atoms with Gasteiger partial charge in [-0.15, -0.1) is 5.10 Å². The van der Waals surface area contributed by atoms with Crippen LogP contribution in [-0.2, 0) is 0 Å². The van der Waals surface area contributed by atoms with Crippen molar-refractivity contribution in [2.24, 2.45) is 0 Å². The van der Waals surface area contributed by atoms with E-state index in [4.69, 9.17) is 26.4 Å². The van der Waals surface area contributed by atoms with Gasteiger partial charge >= 0.3 is 0 Å². The van der Waals surface area contributed by atoms with Crippen molar-refractivity contribution >= 4 is 23.2 Å². The smallest absolute Gasteiger partial charge is 0.227 e. The van der Waals surface area contributed by atoms with Crippen LogP contribution in [0.25, 0.3) is 17.1 Å². The van der Waals surface area contributed by atoms with Gasteiger partial charge in [-0.1, -0.05) is 53.6 Å². The fraction of sp³-hybridized carbons (Fsp3) is 0.120. The second kappa shape index (κ2) is 7.93. The maximum Gasteiger partial charge on any atom is 0.227 e. The van der Waals surface area contributed by atoms with Gasteiger partial charge in [0, 0.05) is 16.3 Å². The molecule has 1 N–H and O–H groups in total. The van der Waals surface area contributed by atoms with Crippen molar-refractivity contribution in [3.63, 3.8) is 0 Å². The Morgan fingerprint density at radius 1 is 0.903 bits per heavy atom. The molecule has 1 aliphatic rings. The van der Waals surface area contributed by atoms with Gasteiger partial charge in [-0.3, -0.25) is 0 Å². The lowest BCUT2D eigenvalue weighted by Gasteiger charge is -2.24. The molecule has 0 aliphatic carbocycles. The normalized spacial score (nSPS) is 15.1. The van der Waals surface area contributed by atoms with E-state index >= 15 is 0 Å². The van der Waals surface area contributed by atoms with Crippen LogP contribution >= 0.6 is 11.6 Å². The summed E-state index contributed by atoms with van der Waals surface area (Å²) in [4.78, 5) is 4.80. The molecule has 0 fully saturated rings. The molecule has 1 atom stereocenters. The Morgan fingerprint density at radius 3 is 2.26 bits per heavy atom. The topological polar surface area (TPSA) is 52.0 Å². The number of fused-ring (bicyclic) bond motifs is 1. The number of benzene rings is 3. The molecule has 4 aromatic rings. The maximum absolute atomic E-state index is 6.13. The molecule has 3 aromatic carbocycles. The molecule has 0 bridgehead atoms. The van der Waals surface area contributed by atoms with E-state index in [2.05, 4.69) is 30.4 Å². The van der Waals surface area contributed by atoms with Crippen LogP contribution in [0.1, 0.15) is 22.7 Å². The van der Waals surface area contributed by atoms with Crippen molar-refractivity contribution in [2.75, 3.05) is 12.4 Å². The first-order chi connectivity index (χ1) is 15.1. The zero-order valence-electron chi connectivity index (χ0n) is 17.2. The molecule has 0 radical (unpaired) electrons. The number of halogens is 1. The molecular formula is C25H21ClN4O. The first kappa shape index (κ1) is 19.4. The van der Waals surface area contributed by atoms with Gasteiger partial charge in [0.1, 0.15) is 11.8 Å². The fourth-order valence-corrected chi connectivity index (χ4v) is 3.78. The number of nitrogens with zero attached hydrogens (tertiary/aromatic N) is 3. The van der Waals surface area contributed by atoms with Crippen LogP contribution in [0.5, 0.6) is 5.75 Å². The first-order valence-electron chi connectivity index (χ1n) is 10.0. The monoisotopic (exact) mass is 428 g/mol. The van der Waals surface area contributed by atoms with Crippen molar-refractivity contribution in [3.8, 4) is 17.1 Å². The molecule has 0 saturated heterocycles. The second-order valence-corrected chi connectivity index (χ2v) is 7.94. The Bertz CT molecular complexity index is 1240. The van der Waals surface area contributed by atoms with Crippen LogP contribution in [0.2, 0.25) is 5.02 Å². The van der Waals surface area contributed by atoms with Crippen molar-refractivity contribution in [2.45, 2.75) is 13.0 Å². The molecule has 6 heteroatoms. The van der Waals surface area contributed by atoms with Gasteiger partial charge in [-0.2, -0.15) is 4.98 Å². The van der Waals surface area contributed by atoms with Gasteiger partial charge in [-0.25, -0.2) is 4.68 Å². The molecule has 0 amide bonds. The van der Waals surface area contributed by atoms with Crippen molar-refractivity contribution < 1.29 is 4.74 Å². The van der Waals surface area contributed by atoms with E-state index in [0.29, 0.717) is 16.8 Å². The van der Waals surface area contributed by atoms with Crippen LogP contribution < -0.4 is 10.1 Å². The highest BCUT2D eigenvalue weighted by Gasteiger charge is 2.25. The van der Waals surface area contributed by atoms with Crippen LogP contribution in [0.15, 0.2) is 78.9 Å². The minimum absolute atomic E-state index is 0.114.